The molecule has 0 aliphatic rings. The van der Waals surface area contributed by atoms with E-state index in [-0.39, 0.29) is 5.84 Å². The van der Waals surface area contributed by atoms with Crippen molar-refractivity contribution >= 4 is 5.84 Å². The van der Waals surface area contributed by atoms with Crippen LogP contribution in [0.15, 0.2) is 36.7 Å². The lowest BCUT2D eigenvalue weighted by molar-refractivity contribution is 0.704. The van der Waals surface area contributed by atoms with E-state index in [1.807, 2.05) is 36.7 Å². The predicted molar refractivity (Wildman–Crippen MR) is 72.8 cm³/mol. The van der Waals surface area contributed by atoms with Gasteiger partial charge in [-0.05, 0) is 12.0 Å². The van der Waals surface area contributed by atoms with Crippen LogP contribution in [-0.2, 0) is 13.0 Å². The van der Waals surface area contributed by atoms with Gasteiger partial charge >= 0.3 is 0 Å². The molecule has 2 aromatic rings. The van der Waals surface area contributed by atoms with Crippen LogP contribution in [0.1, 0.15) is 30.3 Å². The lowest BCUT2D eigenvalue weighted by Crippen LogP contribution is -2.15. The molecule has 0 radical (unpaired) electrons. The van der Waals surface area contributed by atoms with Crippen molar-refractivity contribution in [3.8, 4) is 0 Å². The van der Waals surface area contributed by atoms with Gasteiger partial charge in [0.2, 0.25) is 0 Å². The van der Waals surface area contributed by atoms with Crippen molar-refractivity contribution < 1.29 is 0 Å². The molecule has 94 valence electrons. The molecule has 0 aliphatic carbocycles. The van der Waals surface area contributed by atoms with Crippen molar-refractivity contribution in [2.75, 3.05) is 0 Å². The Morgan fingerprint density at radius 1 is 1.39 bits per heavy atom. The molecule has 0 saturated carbocycles. The molecule has 1 aromatic heterocycles. The SMILES string of the molecule is CCCc1nccn1Cc1ccccc1C(=N)N. The summed E-state index contributed by atoms with van der Waals surface area (Å²) in [5.41, 5.74) is 7.45. The van der Waals surface area contributed by atoms with E-state index < -0.39 is 0 Å². The number of aryl methyl sites for hydroxylation is 1. The molecule has 1 heterocycles. The zero-order chi connectivity index (χ0) is 13.0. The van der Waals surface area contributed by atoms with Crippen molar-refractivity contribution in [1.29, 1.82) is 5.41 Å². The number of hydrogen-bond acceptors (Lipinski definition) is 2. The molecular weight excluding hydrogens is 224 g/mol. The summed E-state index contributed by atoms with van der Waals surface area (Å²) in [5, 5.41) is 7.59. The molecule has 0 amide bonds. The van der Waals surface area contributed by atoms with Crippen LogP contribution >= 0.6 is 0 Å². The number of rotatable bonds is 5. The summed E-state index contributed by atoms with van der Waals surface area (Å²) < 4.78 is 2.12. The van der Waals surface area contributed by atoms with Gasteiger partial charge in [-0.3, -0.25) is 5.41 Å². The van der Waals surface area contributed by atoms with Crippen molar-refractivity contribution in [3.05, 3.63) is 53.6 Å². The van der Waals surface area contributed by atoms with E-state index in [1.54, 1.807) is 0 Å². The van der Waals surface area contributed by atoms with Gasteiger partial charge < -0.3 is 10.3 Å². The van der Waals surface area contributed by atoms with Crippen LogP contribution < -0.4 is 5.73 Å². The predicted octanol–water partition coefficient (Wildman–Crippen LogP) is 2.17. The first-order valence-corrected chi connectivity index (χ1v) is 6.14. The average molecular weight is 242 g/mol. The van der Waals surface area contributed by atoms with Crippen molar-refractivity contribution in [1.82, 2.24) is 9.55 Å². The van der Waals surface area contributed by atoms with Crippen LogP contribution in [0, 0.1) is 5.41 Å². The van der Waals surface area contributed by atoms with Crippen LogP contribution in [-0.4, -0.2) is 15.4 Å². The van der Waals surface area contributed by atoms with E-state index >= 15 is 0 Å². The van der Waals surface area contributed by atoms with Crippen LogP contribution in [0.5, 0.6) is 0 Å². The molecule has 0 spiro atoms. The number of hydrogen-bond donors (Lipinski definition) is 2. The molecule has 0 bridgehead atoms. The second-order valence-electron chi connectivity index (χ2n) is 4.29. The summed E-state index contributed by atoms with van der Waals surface area (Å²) in [4.78, 5) is 4.35. The van der Waals surface area contributed by atoms with Gasteiger partial charge in [-0.15, -0.1) is 0 Å². The molecule has 0 atom stereocenters. The summed E-state index contributed by atoms with van der Waals surface area (Å²) in [6.45, 7) is 2.85. The Kier molecular flexibility index (Phi) is 3.77. The third-order valence-electron chi connectivity index (χ3n) is 2.92. The van der Waals surface area contributed by atoms with Crippen molar-refractivity contribution in [3.63, 3.8) is 0 Å². The summed E-state index contributed by atoms with van der Waals surface area (Å²) >= 11 is 0. The van der Waals surface area contributed by atoms with Crippen LogP contribution in [0.25, 0.3) is 0 Å². The number of nitrogens with one attached hydrogen (secondary N) is 1. The topological polar surface area (TPSA) is 67.7 Å². The minimum absolute atomic E-state index is 0.114. The Hall–Kier alpha value is -2.10. The van der Waals surface area contributed by atoms with Crippen LogP contribution in [0.2, 0.25) is 0 Å². The van der Waals surface area contributed by atoms with Gasteiger partial charge in [0.15, 0.2) is 0 Å². The molecule has 0 aliphatic heterocycles. The normalized spacial score (nSPS) is 10.5. The maximum absolute atomic E-state index is 7.59. The lowest BCUT2D eigenvalue weighted by Gasteiger charge is -2.11. The van der Waals surface area contributed by atoms with Crippen molar-refractivity contribution in [2.24, 2.45) is 5.73 Å². The van der Waals surface area contributed by atoms with Gasteiger partial charge in [0.05, 0.1) is 0 Å². The van der Waals surface area contributed by atoms with E-state index in [0.717, 1.165) is 29.8 Å². The fourth-order valence-electron chi connectivity index (χ4n) is 2.04. The number of benzene rings is 1. The van der Waals surface area contributed by atoms with Gasteiger partial charge in [0.1, 0.15) is 11.7 Å². The highest BCUT2D eigenvalue weighted by molar-refractivity contribution is 5.96. The monoisotopic (exact) mass is 242 g/mol. The zero-order valence-corrected chi connectivity index (χ0v) is 10.6. The average Bonchev–Trinajstić information content (AvgIpc) is 2.78. The molecule has 4 nitrogen and oxygen atoms in total. The van der Waals surface area contributed by atoms with Gasteiger partial charge in [0, 0.05) is 30.9 Å². The summed E-state index contributed by atoms with van der Waals surface area (Å²) in [5.74, 6) is 1.19. The second kappa shape index (κ2) is 5.49. The van der Waals surface area contributed by atoms with Gasteiger partial charge in [-0.1, -0.05) is 31.2 Å². The molecule has 18 heavy (non-hydrogen) atoms. The maximum Gasteiger partial charge on any atom is 0.123 e. The molecule has 3 N–H and O–H groups in total. The zero-order valence-electron chi connectivity index (χ0n) is 10.6. The first-order chi connectivity index (χ1) is 8.72. The quantitative estimate of drug-likeness (QED) is 0.623. The first-order valence-electron chi connectivity index (χ1n) is 6.14. The number of nitrogens with two attached hydrogens (primary N) is 1. The fourth-order valence-corrected chi connectivity index (χ4v) is 2.04. The van der Waals surface area contributed by atoms with E-state index in [0.29, 0.717) is 6.54 Å². The van der Waals surface area contributed by atoms with E-state index in [4.69, 9.17) is 11.1 Å². The smallest absolute Gasteiger partial charge is 0.123 e. The summed E-state index contributed by atoms with van der Waals surface area (Å²) in [6, 6.07) is 7.76. The van der Waals surface area contributed by atoms with Gasteiger partial charge in [0.25, 0.3) is 0 Å². The summed E-state index contributed by atoms with van der Waals surface area (Å²) in [6.07, 6.45) is 5.84. The lowest BCUT2D eigenvalue weighted by atomic mass is 10.1. The largest absolute Gasteiger partial charge is 0.384 e. The molecule has 0 saturated heterocycles. The Labute approximate surface area is 107 Å². The highest BCUT2D eigenvalue weighted by Gasteiger charge is 2.07. The fraction of sp³-hybridized carbons (Fsp3) is 0.286. The second-order valence-corrected chi connectivity index (χ2v) is 4.29. The minimum atomic E-state index is 0.114. The van der Waals surface area contributed by atoms with Crippen molar-refractivity contribution in [2.45, 2.75) is 26.3 Å². The third-order valence-corrected chi connectivity index (χ3v) is 2.92. The van der Waals surface area contributed by atoms with E-state index in [1.165, 1.54) is 0 Å². The number of amidine groups is 1. The van der Waals surface area contributed by atoms with E-state index in [9.17, 15) is 0 Å². The standard InChI is InChI=1S/C14H18N4/c1-2-5-13-17-8-9-18(13)10-11-6-3-4-7-12(11)14(15)16/h3-4,6-9H,2,5,10H2,1H3,(H3,15,16). The van der Waals surface area contributed by atoms with Gasteiger partial charge in [-0.25, -0.2) is 4.98 Å². The minimum Gasteiger partial charge on any atom is -0.384 e. The number of nitrogens with zero attached hydrogens (tertiary/aromatic N) is 2. The Balaban J connectivity index is 2.28. The molecule has 2 rings (SSSR count). The Morgan fingerprint density at radius 2 is 2.17 bits per heavy atom. The van der Waals surface area contributed by atoms with Crippen LogP contribution in [0.3, 0.4) is 0 Å². The molecular formula is C14H18N4. The van der Waals surface area contributed by atoms with Gasteiger partial charge in [-0.2, -0.15) is 0 Å². The van der Waals surface area contributed by atoms with Crippen LogP contribution in [0.4, 0.5) is 0 Å². The molecule has 1 aromatic carbocycles. The van der Waals surface area contributed by atoms with E-state index in [2.05, 4.69) is 16.5 Å². The molecule has 0 fully saturated rings. The number of imidazole rings is 1. The Bertz CT molecular complexity index is 542. The number of aromatic nitrogens is 2. The molecule has 4 heteroatoms. The first kappa shape index (κ1) is 12.4. The number of nitrogen functional groups attached to an aromatic ring is 1. The highest BCUT2D eigenvalue weighted by atomic mass is 15.1. The third kappa shape index (κ3) is 2.59. The highest BCUT2D eigenvalue weighted by Crippen LogP contribution is 2.12. The summed E-state index contributed by atoms with van der Waals surface area (Å²) in [7, 11) is 0. The maximum atomic E-state index is 7.59. The molecule has 0 unspecified atom stereocenters. The Morgan fingerprint density at radius 3 is 2.89 bits per heavy atom.